The van der Waals surface area contributed by atoms with E-state index in [4.69, 9.17) is 0 Å². The Morgan fingerprint density at radius 3 is 2.77 bits per heavy atom. The summed E-state index contributed by atoms with van der Waals surface area (Å²) in [5, 5.41) is 2.63. The Kier molecular flexibility index (Phi) is 3.68. The summed E-state index contributed by atoms with van der Waals surface area (Å²) in [6.07, 6.45) is 6.80. The van der Waals surface area contributed by atoms with Crippen LogP contribution in [0, 0.1) is 5.92 Å². The lowest BCUT2D eigenvalue weighted by atomic mass is 9.94. The summed E-state index contributed by atoms with van der Waals surface area (Å²) < 4.78 is 0. The summed E-state index contributed by atoms with van der Waals surface area (Å²) in [5.74, 6) is 0.0867. The minimum atomic E-state index is -0.000276. The molecule has 3 nitrogen and oxygen atoms in total. The maximum Gasteiger partial charge on any atom is 0.223 e. The molecule has 1 aliphatic carbocycles. The Bertz CT molecular complexity index is 233. The van der Waals surface area contributed by atoms with Crippen molar-refractivity contribution in [3.63, 3.8) is 0 Å². The molecule has 3 heteroatoms. The van der Waals surface area contributed by atoms with Gasteiger partial charge in [0.2, 0.25) is 5.91 Å². The SMILES string of the molecule is CC(=O)CNC(=O)C1CC=CCC1. The molecule has 0 radical (unpaired) electrons. The molecule has 1 aliphatic rings. The second kappa shape index (κ2) is 4.80. The lowest BCUT2D eigenvalue weighted by Crippen LogP contribution is -2.34. The lowest BCUT2D eigenvalue weighted by molar-refractivity contribution is -0.127. The van der Waals surface area contributed by atoms with E-state index in [1.165, 1.54) is 6.92 Å². The van der Waals surface area contributed by atoms with Crippen molar-refractivity contribution in [3.8, 4) is 0 Å². The Morgan fingerprint density at radius 2 is 2.23 bits per heavy atom. The van der Waals surface area contributed by atoms with Crippen LogP contribution < -0.4 is 5.32 Å². The van der Waals surface area contributed by atoms with E-state index >= 15 is 0 Å². The Hall–Kier alpha value is -1.12. The second-order valence-electron chi connectivity index (χ2n) is 3.40. The van der Waals surface area contributed by atoms with Crippen LogP contribution in [0.15, 0.2) is 12.2 Å². The molecule has 1 amide bonds. The molecule has 1 N–H and O–H groups in total. The van der Waals surface area contributed by atoms with Crippen molar-refractivity contribution in [1.82, 2.24) is 5.32 Å². The summed E-state index contributed by atoms with van der Waals surface area (Å²) in [5.41, 5.74) is 0. The number of rotatable bonds is 3. The van der Waals surface area contributed by atoms with Crippen LogP contribution >= 0.6 is 0 Å². The molecule has 0 aromatic heterocycles. The van der Waals surface area contributed by atoms with E-state index in [1.54, 1.807) is 0 Å². The first-order valence-electron chi connectivity index (χ1n) is 4.62. The van der Waals surface area contributed by atoms with Crippen LogP contribution in [0.2, 0.25) is 0 Å². The molecule has 13 heavy (non-hydrogen) atoms. The Labute approximate surface area is 78.2 Å². The summed E-state index contributed by atoms with van der Waals surface area (Å²) in [6.45, 7) is 1.64. The summed E-state index contributed by atoms with van der Waals surface area (Å²) in [7, 11) is 0. The maximum atomic E-state index is 11.4. The van der Waals surface area contributed by atoms with Gasteiger partial charge in [0.25, 0.3) is 0 Å². The fraction of sp³-hybridized carbons (Fsp3) is 0.600. The van der Waals surface area contributed by atoms with Crippen LogP contribution in [0.25, 0.3) is 0 Å². The van der Waals surface area contributed by atoms with Gasteiger partial charge in [0.05, 0.1) is 6.54 Å². The van der Waals surface area contributed by atoms with Crippen LogP contribution in [-0.2, 0) is 9.59 Å². The number of carbonyl (C=O) groups excluding carboxylic acids is 2. The van der Waals surface area contributed by atoms with E-state index in [2.05, 4.69) is 11.4 Å². The molecule has 0 saturated carbocycles. The quantitative estimate of drug-likeness (QED) is 0.661. The molecule has 0 aromatic carbocycles. The van der Waals surface area contributed by atoms with Gasteiger partial charge in [-0.25, -0.2) is 0 Å². The highest BCUT2D eigenvalue weighted by Crippen LogP contribution is 2.17. The third-order valence-electron chi connectivity index (χ3n) is 2.15. The smallest absolute Gasteiger partial charge is 0.223 e. The van der Waals surface area contributed by atoms with Crippen LogP contribution in [0.4, 0.5) is 0 Å². The zero-order valence-corrected chi connectivity index (χ0v) is 7.88. The Balaban J connectivity index is 2.30. The van der Waals surface area contributed by atoms with Gasteiger partial charge in [-0.3, -0.25) is 9.59 Å². The highest BCUT2D eigenvalue weighted by molar-refractivity contribution is 5.85. The van der Waals surface area contributed by atoms with Crippen molar-refractivity contribution in [2.45, 2.75) is 26.2 Å². The van der Waals surface area contributed by atoms with Gasteiger partial charge < -0.3 is 5.32 Å². The first-order valence-corrected chi connectivity index (χ1v) is 4.62. The molecule has 1 atom stereocenters. The number of carbonyl (C=O) groups is 2. The van der Waals surface area contributed by atoms with Crippen LogP contribution in [0.5, 0.6) is 0 Å². The molecule has 0 saturated heterocycles. The third kappa shape index (κ3) is 3.40. The van der Waals surface area contributed by atoms with E-state index in [9.17, 15) is 9.59 Å². The predicted octanol–water partition coefficient (Wildman–Crippen LogP) is 1.05. The van der Waals surface area contributed by atoms with Crippen LogP contribution in [0.3, 0.4) is 0 Å². The van der Waals surface area contributed by atoms with Crippen molar-refractivity contribution in [2.24, 2.45) is 5.92 Å². The number of amides is 1. The van der Waals surface area contributed by atoms with E-state index in [0.717, 1.165) is 19.3 Å². The molecule has 0 spiro atoms. The predicted molar refractivity (Wildman–Crippen MR) is 50.2 cm³/mol. The van der Waals surface area contributed by atoms with E-state index in [-0.39, 0.29) is 24.2 Å². The normalized spacial score (nSPS) is 21.2. The molecule has 1 unspecified atom stereocenters. The Morgan fingerprint density at radius 1 is 1.46 bits per heavy atom. The van der Waals surface area contributed by atoms with E-state index < -0.39 is 0 Å². The number of ketones is 1. The van der Waals surface area contributed by atoms with Gasteiger partial charge in [0.15, 0.2) is 0 Å². The number of nitrogens with one attached hydrogen (secondary N) is 1. The van der Waals surface area contributed by atoms with E-state index in [1.807, 2.05) is 6.08 Å². The van der Waals surface area contributed by atoms with Crippen LogP contribution in [-0.4, -0.2) is 18.2 Å². The lowest BCUT2D eigenvalue weighted by Gasteiger charge is -2.16. The molecule has 0 aromatic rings. The first kappa shape index (κ1) is 9.96. The number of hydrogen-bond acceptors (Lipinski definition) is 2. The molecule has 0 aliphatic heterocycles. The minimum absolute atomic E-state index is 0.000276. The molecular weight excluding hydrogens is 166 g/mol. The van der Waals surface area contributed by atoms with E-state index in [0.29, 0.717) is 0 Å². The van der Waals surface area contributed by atoms with Gasteiger partial charge in [-0.1, -0.05) is 12.2 Å². The van der Waals surface area contributed by atoms with Crippen molar-refractivity contribution in [3.05, 3.63) is 12.2 Å². The summed E-state index contributed by atoms with van der Waals surface area (Å²) >= 11 is 0. The fourth-order valence-corrected chi connectivity index (χ4v) is 1.39. The topological polar surface area (TPSA) is 46.2 Å². The van der Waals surface area contributed by atoms with Gasteiger partial charge >= 0.3 is 0 Å². The summed E-state index contributed by atoms with van der Waals surface area (Å²) in [4.78, 5) is 22.0. The zero-order chi connectivity index (χ0) is 9.68. The molecule has 72 valence electrons. The summed E-state index contributed by atoms with van der Waals surface area (Å²) in [6, 6.07) is 0. The number of Topliss-reactive ketones (excluding diaryl/α,β-unsaturated/α-hetero) is 1. The molecule has 1 rings (SSSR count). The minimum Gasteiger partial charge on any atom is -0.349 e. The largest absolute Gasteiger partial charge is 0.349 e. The molecule has 0 bridgehead atoms. The first-order chi connectivity index (χ1) is 6.20. The number of hydrogen-bond donors (Lipinski definition) is 1. The van der Waals surface area contributed by atoms with Gasteiger partial charge in [-0.05, 0) is 26.2 Å². The highest BCUT2D eigenvalue weighted by atomic mass is 16.2. The monoisotopic (exact) mass is 181 g/mol. The van der Waals surface area contributed by atoms with Crippen molar-refractivity contribution >= 4 is 11.7 Å². The van der Waals surface area contributed by atoms with Gasteiger partial charge in [-0.15, -0.1) is 0 Å². The fourth-order valence-electron chi connectivity index (χ4n) is 1.39. The van der Waals surface area contributed by atoms with Gasteiger partial charge in [-0.2, -0.15) is 0 Å². The average Bonchev–Trinajstić information content (AvgIpc) is 2.15. The zero-order valence-electron chi connectivity index (χ0n) is 7.88. The second-order valence-corrected chi connectivity index (χ2v) is 3.40. The number of allylic oxidation sites excluding steroid dienone is 2. The molecular formula is C10H15NO2. The average molecular weight is 181 g/mol. The van der Waals surface area contributed by atoms with Gasteiger partial charge in [0.1, 0.15) is 5.78 Å². The van der Waals surface area contributed by atoms with Crippen molar-refractivity contribution in [1.29, 1.82) is 0 Å². The molecule has 0 heterocycles. The van der Waals surface area contributed by atoms with Gasteiger partial charge in [0, 0.05) is 5.92 Å². The van der Waals surface area contributed by atoms with Crippen molar-refractivity contribution in [2.75, 3.05) is 6.54 Å². The van der Waals surface area contributed by atoms with Crippen LogP contribution in [0.1, 0.15) is 26.2 Å². The maximum absolute atomic E-state index is 11.4. The molecule has 0 fully saturated rings. The highest BCUT2D eigenvalue weighted by Gasteiger charge is 2.18. The standard InChI is InChI=1S/C10H15NO2/c1-8(12)7-11-10(13)9-5-3-2-4-6-9/h2-3,9H,4-7H2,1H3,(H,11,13). The third-order valence-corrected chi connectivity index (χ3v) is 2.15. The van der Waals surface area contributed by atoms with Crippen molar-refractivity contribution < 1.29 is 9.59 Å².